The number of rotatable bonds is 7. The first-order valence-corrected chi connectivity index (χ1v) is 9.35. The molecular weight excluding hydrogens is 378 g/mol. The Morgan fingerprint density at radius 3 is 2.30 bits per heavy atom. The van der Waals surface area contributed by atoms with E-state index in [1.165, 1.54) is 12.4 Å². The lowest BCUT2D eigenvalue weighted by Crippen LogP contribution is -2.12. The highest BCUT2D eigenvalue weighted by molar-refractivity contribution is 6.03. The van der Waals surface area contributed by atoms with Gasteiger partial charge in [0, 0.05) is 37.0 Å². The van der Waals surface area contributed by atoms with E-state index < -0.39 is 0 Å². The number of hydrogen-bond acceptors (Lipinski definition) is 6. The van der Waals surface area contributed by atoms with Gasteiger partial charge in [-0.15, -0.1) is 0 Å². The number of para-hydroxylation sites is 1. The Morgan fingerprint density at radius 2 is 1.60 bits per heavy atom. The van der Waals surface area contributed by atoms with Gasteiger partial charge in [0.25, 0.3) is 5.91 Å². The molecule has 0 bridgehead atoms. The number of ether oxygens (including phenoxy) is 1. The van der Waals surface area contributed by atoms with Crippen LogP contribution < -0.4 is 15.4 Å². The van der Waals surface area contributed by atoms with Gasteiger partial charge in [0.1, 0.15) is 5.75 Å². The minimum absolute atomic E-state index is 0.184. The van der Waals surface area contributed by atoms with Gasteiger partial charge in [-0.25, -0.2) is 9.97 Å². The summed E-state index contributed by atoms with van der Waals surface area (Å²) in [5, 5.41) is 6.13. The van der Waals surface area contributed by atoms with Crippen molar-refractivity contribution in [1.29, 1.82) is 0 Å². The number of benzene rings is 2. The van der Waals surface area contributed by atoms with Crippen LogP contribution in [0.3, 0.4) is 0 Å². The quantitative estimate of drug-likeness (QED) is 0.476. The van der Waals surface area contributed by atoms with Crippen LogP contribution in [0.4, 0.5) is 11.4 Å². The predicted molar refractivity (Wildman–Crippen MR) is 115 cm³/mol. The molecule has 0 atom stereocenters. The van der Waals surface area contributed by atoms with Gasteiger partial charge in [-0.2, -0.15) is 0 Å². The summed E-state index contributed by atoms with van der Waals surface area (Å²) in [7, 11) is 0. The first-order valence-electron chi connectivity index (χ1n) is 9.35. The van der Waals surface area contributed by atoms with Gasteiger partial charge in [0.05, 0.1) is 11.3 Å². The minimum Gasteiger partial charge on any atom is -0.424 e. The highest BCUT2D eigenvalue weighted by Crippen LogP contribution is 2.17. The van der Waals surface area contributed by atoms with Crippen LogP contribution in [0.1, 0.15) is 15.9 Å². The molecule has 0 radical (unpaired) electrons. The molecule has 0 aliphatic carbocycles. The fraction of sp³-hybridized carbons (Fsp3) is 0.0435. The molecule has 0 fully saturated rings. The highest BCUT2D eigenvalue weighted by Gasteiger charge is 2.09. The van der Waals surface area contributed by atoms with E-state index in [4.69, 9.17) is 4.74 Å². The molecule has 30 heavy (non-hydrogen) atoms. The number of amides is 1. The number of carbonyl (C=O) groups excluding carboxylic acids is 1. The Bertz CT molecular complexity index is 1090. The van der Waals surface area contributed by atoms with E-state index in [-0.39, 0.29) is 11.9 Å². The molecule has 0 saturated heterocycles. The average molecular weight is 397 g/mol. The lowest BCUT2D eigenvalue weighted by Gasteiger charge is -2.08. The van der Waals surface area contributed by atoms with E-state index in [1.54, 1.807) is 24.5 Å². The number of pyridine rings is 1. The first kappa shape index (κ1) is 19.1. The summed E-state index contributed by atoms with van der Waals surface area (Å²) in [6.07, 6.45) is 6.38. The summed E-state index contributed by atoms with van der Waals surface area (Å²) in [4.78, 5) is 24.7. The molecule has 0 spiro atoms. The maximum atomic E-state index is 12.4. The highest BCUT2D eigenvalue weighted by atomic mass is 16.5. The van der Waals surface area contributed by atoms with Crippen molar-refractivity contribution in [2.24, 2.45) is 0 Å². The zero-order chi connectivity index (χ0) is 20.6. The van der Waals surface area contributed by atoms with Gasteiger partial charge in [-0.05, 0) is 42.0 Å². The average Bonchev–Trinajstić information content (AvgIpc) is 2.80. The summed E-state index contributed by atoms with van der Waals surface area (Å²) in [5.41, 5.74) is 3.07. The smallest absolute Gasteiger partial charge is 0.321 e. The topological polar surface area (TPSA) is 89.0 Å². The van der Waals surface area contributed by atoms with Gasteiger partial charge >= 0.3 is 6.01 Å². The van der Waals surface area contributed by atoms with Gasteiger partial charge in [0.2, 0.25) is 0 Å². The first-order chi connectivity index (χ1) is 14.8. The Balaban J connectivity index is 1.32. The standard InChI is InChI=1S/C23H19N5O2/c29-22(18-14-26-23(27-15-18)30-21-6-2-1-3-7-21)28-19-10-8-17(9-11-19)13-25-20-5-4-12-24-16-20/h1-12,14-16,25H,13H2,(H,28,29). The molecule has 0 aliphatic rings. The van der Waals surface area contributed by atoms with E-state index in [2.05, 4.69) is 25.6 Å². The summed E-state index contributed by atoms with van der Waals surface area (Å²) < 4.78 is 5.54. The molecule has 4 aromatic rings. The second-order valence-corrected chi connectivity index (χ2v) is 6.42. The molecule has 0 unspecified atom stereocenters. The number of anilines is 2. The predicted octanol–water partition coefficient (Wildman–Crippen LogP) is 4.53. The third-order valence-corrected chi connectivity index (χ3v) is 4.21. The maximum Gasteiger partial charge on any atom is 0.321 e. The Hall–Kier alpha value is -4.26. The van der Waals surface area contributed by atoms with Crippen molar-refractivity contribution in [2.45, 2.75) is 6.54 Å². The number of hydrogen-bond donors (Lipinski definition) is 2. The van der Waals surface area contributed by atoms with Crippen LogP contribution in [0.2, 0.25) is 0 Å². The van der Waals surface area contributed by atoms with E-state index in [9.17, 15) is 4.79 Å². The van der Waals surface area contributed by atoms with E-state index in [0.29, 0.717) is 23.5 Å². The summed E-state index contributed by atoms with van der Waals surface area (Å²) >= 11 is 0. The molecular formula is C23H19N5O2. The van der Waals surface area contributed by atoms with Crippen molar-refractivity contribution >= 4 is 17.3 Å². The third-order valence-electron chi connectivity index (χ3n) is 4.21. The molecule has 4 rings (SSSR count). The maximum absolute atomic E-state index is 12.4. The SMILES string of the molecule is O=C(Nc1ccc(CNc2cccnc2)cc1)c1cnc(Oc2ccccc2)nc1. The van der Waals surface area contributed by atoms with Crippen molar-refractivity contribution in [1.82, 2.24) is 15.0 Å². The molecule has 0 aliphatic heterocycles. The summed E-state index contributed by atoms with van der Waals surface area (Å²) in [6.45, 7) is 0.663. The normalized spacial score (nSPS) is 10.3. The van der Waals surface area contributed by atoms with Crippen molar-refractivity contribution in [3.8, 4) is 11.8 Å². The van der Waals surface area contributed by atoms with Crippen LogP contribution in [0, 0.1) is 0 Å². The lowest BCUT2D eigenvalue weighted by molar-refractivity contribution is 0.102. The molecule has 2 aromatic heterocycles. The Labute approximate surface area is 173 Å². The molecule has 7 nitrogen and oxygen atoms in total. The Morgan fingerprint density at radius 1 is 0.833 bits per heavy atom. The number of aromatic nitrogens is 3. The van der Waals surface area contributed by atoms with Crippen LogP contribution in [-0.4, -0.2) is 20.9 Å². The van der Waals surface area contributed by atoms with Crippen molar-refractivity contribution in [3.05, 3.63) is 103 Å². The largest absolute Gasteiger partial charge is 0.424 e. The van der Waals surface area contributed by atoms with Crippen molar-refractivity contribution in [3.63, 3.8) is 0 Å². The molecule has 2 heterocycles. The minimum atomic E-state index is -0.289. The molecule has 2 aromatic carbocycles. The lowest BCUT2D eigenvalue weighted by atomic mass is 10.2. The third kappa shape index (κ3) is 5.17. The molecule has 2 N–H and O–H groups in total. The summed E-state index contributed by atoms with van der Waals surface area (Å²) in [6, 6.07) is 20.9. The fourth-order valence-corrected chi connectivity index (χ4v) is 2.66. The molecule has 7 heteroatoms. The van der Waals surface area contributed by atoms with Gasteiger partial charge < -0.3 is 15.4 Å². The number of nitrogens with zero attached hydrogens (tertiary/aromatic N) is 3. The number of carbonyl (C=O) groups is 1. The second kappa shape index (κ2) is 9.29. The monoisotopic (exact) mass is 397 g/mol. The van der Waals surface area contributed by atoms with Crippen LogP contribution in [0.5, 0.6) is 11.8 Å². The van der Waals surface area contributed by atoms with Gasteiger partial charge in [-0.3, -0.25) is 9.78 Å². The molecule has 1 amide bonds. The zero-order valence-corrected chi connectivity index (χ0v) is 16.0. The van der Waals surface area contributed by atoms with Crippen LogP contribution in [0.15, 0.2) is 91.5 Å². The van der Waals surface area contributed by atoms with Gasteiger partial charge in [-0.1, -0.05) is 30.3 Å². The van der Waals surface area contributed by atoms with Crippen molar-refractivity contribution < 1.29 is 9.53 Å². The van der Waals surface area contributed by atoms with Crippen molar-refractivity contribution in [2.75, 3.05) is 10.6 Å². The van der Waals surface area contributed by atoms with E-state index in [1.807, 2.05) is 54.6 Å². The molecule has 148 valence electrons. The van der Waals surface area contributed by atoms with Crippen LogP contribution in [0.25, 0.3) is 0 Å². The second-order valence-electron chi connectivity index (χ2n) is 6.42. The van der Waals surface area contributed by atoms with Crippen LogP contribution in [-0.2, 0) is 6.54 Å². The van der Waals surface area contributed by atoms with E-state index in [0.717, 1.165) is 11.3 Å². The zero-order valence-electron chi connectivity index (χ0n) is 16.0. The summed E-state index contributed by atoms with van der Waals surface area (Å²) in [5.74, 6) is 0.343. The fourth-order valence-electron chi connectivity index (χ4n) is 2.66. The van der Waals surface area contributed by atoms with Gasteiger partial charge in [0.15, 0.2) is 0 Å². The van der Waals surface area contributed by atoms with E-state index >= 15 is 0 Å². The molecule has 0 saturated carbocycles. The van der Waals surface area contributed by atoms with Crippen LogP contribution >= 0.6 is 0 Å². The number of nitrogens with one attached hydrogen (secondary N) is 2. The Kier molecular flexibility index (Phi) is 5.91.